The van der Waals surface area contributed by atoms with Crippen molar-refractivity contribution in [1.82, 2.24) is 10.2 Å². The van der Waals surface area contributed by atoms with Gasteiger partial charge in [-0.05, 0) is 43.0 Å². The van der Waals surface area contributed by atoms with Crippen LogP contribution in [0.1, 0.15) is 24.8 Å². The van der Waals surface area contributed by atoms with Gasteiger partial charge in [-0.15, -0.1) is 0 Å². The quantitative estimate of drug-likeness (QED) is 0.859. The van der Waals surface area contributed by atoms with Crippen molar-refractivity contribution in [3.63, 3.8) is 0 Å². The van der Waals surface area contributed by atoms with Crippen molar-refractivity contribution in [2.75, 3.05) is 20.4 Å². The average Bonchev–Trinajstić information content (AvgIpc) is 3.06. The van der Waals surface area contributed by atoms with Gasteiger partial charge in [0, 0.05) is 19.7 Å². The van der Waals surface area contributed by atoms with E-state index in [4.69, 9.17) is 9.47 Å². The predicted molar refractivity (Wildman–Crippen MR) is 85.0 cm³/mol. The summed E-state index contributed by atoms with van der Waals surface area (Å²) in [7, 11) is 1.60. The molecule has 3 rings (SSSR count). The molecule has 0 aromatic heterocycles. The molecule has 0 saturated carbocycles. The number of piperidine rings is 1. The fourth-order valence-corrected chi connectivity index (χ4v) is 2.91. The number of hydrogen-bond acceptors (Lipinski definition) is 4. The number of rotatable bonds is 3. The van der Waals surface area contributed by atoms with Crippen LogP contribution in [0.25, 0.3) is 6.08 Å². The first-order valence-electron chi connectivity index (χ1n) is 7.79. The molecule has 122 valence electrons. The third-order valence-electron chi connectivity index (χ3n) is 4.15. The van der Waals surface area contributed by atoms with Crippen LogP contribution >= 0.6 is 0 Å². The molecular weight excluding hydrogens is 296 g/mol. The summed E-state index contributed by atoms with van der Waals surface area (Å²) in [6.07, 6.45) is 5.85. The number of carbonyl (C=O) groups is 2. The molecule has 1 atom stereocenters. The highest BCUT2D eigenvalue weighted by molar-refractivity contribution is 5.95. The Hall–Kier alpha value is -2.50. The molecular formula is C17H20N2O4. The molecule has 0 bridgehead atoms. The van der Waals surface area contributed by atoms with E-state index in [2.05, 4.69) is 5.32 Å². The Morgan fingerprint density at radius 3 is 2.91 bits per heavy atom. The Morgan fingerprint density at radius 1 is 1.26 bits per heavy atom. The highest BCUT2D eigenvalue weighted by atomic mass is 16.7. The molecule has 1 aromatic carbocycles. The summed E-state index contributed by atoms with van der Waals surface area (Å²) in [5, 5.41) is 2.63. The summed E-state index contributed by atoms with van der Waals surface area (Å²) in [4.78, 5) is 26.0. The van der Waals surface area contributed by atoms with Crippen molar-refractivity contribution < 1.29 is 19.1 Å². The number of amides is 2. The van der Waals surface area contributed by atoms with Crippen molar-refractivity contribution >= 4 is 17.9 Å². The van der Waals surface area contributed by atoms with Gasteiger partial charge in [0.05, 0.1) is 0 Å². The first kappa shape index (κ1) is 15.4. The summed E-state index contributed by atoms with van der Waals surface area (Å²) in [5.41, 5.74) is 0.858. The third-order valence-corrected chi connectivity index (χ3v) is 4.15. The highest BCUT2D eigenvalue weighted by Gasteiger charge is 2.30. The molecule has 6 nitrogen and oxygen atoms in total. The fourth-order valence-electron chi connectivity index (χ4n) is 2.91. The lowest BCUT2D eigenvalue weighted by Crippen LogP contribution is -2.50. The largest absolute Gasteiger partial charge is 0.454 e. The van der Waals surface area contributed by atoms with Gasteiger partial charge in [0.15, 0.2) is 11.5 Å². The highest BCUT2D eigenvalue weighted by Crippen LogP contribution is 2.32. The van der Waals surface area contributed by atoms with Gasteiger partial charge in [-0.25, -0.2) is 0 Å². The lowest BCUT2D eigenvalue weighted by atomic mass is 10.0. The Balaban J connectivity index is 1.71. The molecule has 0 spiro atoms. The van der Waals surface area contributed by atoms with Crippen LogP contribution in [0.3, 0.4) is 0 Å². The maximum absolute atomic E-state index is 12.4. The van der Waals surface area contributed by atoms with E-state index >= 15 is 0 Å². The van der Waals surface area contributed by atoms with E-state index in [0.29, 0.717) is 24.5 Å². The smallest absolute Gasteiger partial charge is 0.247 e. The molecule has 1 fully saturated rings. The molecule has 2 aliphatic rings. The molecule has 1 aromatic rings. The minimum Gasteiger partial charge on any atom is -0.454 e. The number of benzene rings is 1. The van der Waals surface area contributed by atoms with Crippen LogP contribution in [0.5, 0.6) is 11.5 Å². The minimum atomic E-state index is -0.373. The Kier molecular flexibility index (Phi) is 4.50. The lowest BCUT2D eigenvalue weighted by Gasteiger charge is -2.33. The standard InChI is InChI=1S/C17H20N2O4/c1-18-17(21)13-4-2-3-9-19(13)16(20)8-6-12-5-7-14-15(10-12)23-11-22-14/h5-8,10,13H,2-4,9,11H2,1H3,(H,18,21)/b8-6+. The van der Waals surface area contributed by atoms with Gasteiger partial charge in [0.2, 0.25) is 18.6 Å². The summed E-state index contributed by atoms with van der Waals surface area (Å²) in [5.74, 6) is 1.15. The number of likely N-dealkylation sites (tertiary alicyclic amines) is 1. The van der Waals surface area contributed by atoms with Crippen LogP contribution in [-0.2, 0) is 9.59 Å². The van der Waals surface area contributed by atoms with Crippen LogP contribution in [0, 0.1) is 0 Å². The van der Waals surface area contributed by atoms with E-state index in [1.807, 2.05) is 18.2 Å². The van der Waals surface area contributed by atoms with E-state index < -0.39 is 0 Å². The monoisotopic (exact) mass is 316 g/mol. The van der Waals surface area contributed by atoms with E-state index in [1.165, 1.54) is 6.08 Å². The number of nitrogens with zero attached hydrogens (tertiary/aromatic N) is 1. The zero-order valence-electron chi connectivity index (χ0n) is 13.1. The van der Waals surface area contributed by atoms with Crippen LogP contribution in [-0.4, -0.2) is 43.1 Å². The van der Waals surface area contributed by atoms with Gasteiger partial charge in [0.1, 0.15) is 6.04 Å². The normalized spacial score (nSPS) is 19.9. The first-order valence-corrected chi connectivity index (χ1v) is 7.79. The molecule has 6 heteroatoms. The summed E-state index contributed by atoms with van der Waals surface area (Å²) in [6, 6.07) is 5.14. The van der Waals surface area contributed by atoms with Crippen molar-refractivity contribution in [2.45, 2.75) is 25.3 Å². The van der Waals surface area contributed by atoms with Crippen LogP contribution in [0.15, 0.2) is 24.3 Å². The molecule has 1 N–H and O–H groups in total. The number of likely N-dealkylation sites (N-methyl/N-ethyl adjacent to an activating group) is 1. The van der Waals surface area contributed by atoms with Crippen molar-refractivity contribution in [2.24, 2.45) is 0 Å². The van der Waals surface area contributed by atoms with Crippen molar-refractivity contribution in [3.05, 3.63) is 29.8 Å². The lowest BCUT2D eigenvalue weighted by molar-refractivity contribution is -0.138. The minimum absolute atomic E-state index is 0.102. The maximum atomic E-state index is 12.4. The second kappa shape index (κ2) is 6.73. The molecule has 2 heterocycles. The SMILES string of the molecule is CNC(=O)C1CCCCN1C(=O)/C=C/c1ccc2c(c1)OCO2. The molecule has 0 radical (unpaired) electrons. The Bertz CT molecular complexity index is 641. The van der Waals surface area contributed by atoms with Crippen LogP contribution in [0.4, 0.5) is 0 Å². The number of carbonyl (C=O) groups excluding carboxylic acids is 2. The Morgan fingerprint density at radius 2 is 2.09 bits per heavy atom. The first-order chi connectivity index (χ1) is 11.2. The van der Waals surface area contributed by atoms with E-state index in [0.717, 1.165) is 18.4 Å². The summed E-state index contributed by atoms with van der Waals surface area (Å²) in [6.45, 7) is 0.839. The molecule has 2 amide bonds. The van der Waals surface area contributed by atoms with E-state index in [9.17, 15) is 9.59 Å². The average molecular weight is 316 g/mol. The summed E-state index contributed by atoms with van der Waals surface area (Å²) >= 11 is 0. The van der Waals surface area contributed by atoms with Gasteiger partial charge < -0.3 is 19.7 Å². The number of ether oxygens (including phenoxy) is 2. The fraction of sp³-hybridized carbons (Fsp3) is 0.412. The Labute approximate surface area is 135 Å². The van der Waals surface area contributed by atoms with Gasteiger partial charge in [-0.2, -0.15) is 0 Å². The number of nitrogens with one attached hydrogen (secondary N) is 1. The van der Waals surface area contributed by atoms with Gasteiger partial charge in [-0.3, -0.25) is 9.59 Å². The van der Waals surface area contributed by atoms with Crippen molar-refractivity contribution in [3.8, 4) is 11.5 Å². The van der Waals surface area contributed by atoms with Crippen LogP contribution in [0.2, 0.25) is 0 Å². The van der Waals surface area contributed by atoms with Gasteiger partial charge in [-0.1, -0.05) is 6.07 Å². The molecule has 1 unspecified atom stereocenters. The van der Waals surface area contributed by atoms with Gasteiger partial charge in [0.25, 0.3) is 0 Å². The molecule has 23 heavy (non-hydrogen) atoms. The second-order valence-electron chi connectivity index (χ2n) is 5.60. The van der Waals surface area contributed by atoms with Crippen LogP contribution < -0.4 is 14.8 Å². The molecule has 2 aliphatic heterocycles. The zero-order chi connectivity index (χ0) is 16.2. The van der Waals surface area contributed by atoms with Crippen molar-refractivity contribution in [1.29, 1.82) is 0 Å². The number of hydrogen-bond donors (Lipinski definition) is 1. The number of fused-ring (bicyclic) bond motifs is 1. The van der Waals surface area contributed by atoms with E-state index in [1.54, 1.807) is 18.0 Å². The van der Waals surface area contributed by atoms with E-state index in [-0.39, 0.29) is 24.6 Å². The zero-order valence-corrected chi connectivity index (χ0v) is 13.1. The van der Waals surface area contributed by atoms with Gasteiger partial charge >= 0.3 is 0 Å². The molecule has 1 saturated heterocycles. The summed E-state index contributed by atoms with van der Waals surface area (Å²) < 4.78 is 10.6. The predicted octanol–water partition coefficient (Wildman–Crippen LogP) is 1.56. The maximum Gasteiger partial charge on any atom is 0.247 e. The topological polar surface area (TPSA) is 67.9 Å². The molecule has 0 aliphatic carbocycles. The third kappa shape index (κ3) is 3.31. The second-order valence-corrected chi connectivity index (χ2v) is 5.60.